The van der Waals surface area contributed by atoms with E-state index in [0.29, 0.717) is 25.2 Å². The number of urea groups is 1. The molecule has 1 N–H and O–H groups in total. The first-order chi connectivity index (χ1) is 14.8. The van der Waals surface area contributed by atoms with Crippen LogP contribution in [-0.2, 0) is 16.7 Å². The number of likely N-dealkylation sites (N-methyl/N-ethyl adjacent to an activating group) is 1. The van der Waals surface area contributed by atoms with Crippen molar-refractivity contribution >= 4 is 27.8 Å². The Morgan fingerprint density at radius 3 is 2.22 bits per heavy atom. The Morgan fingerprint density at radius 2 is 1.69 bits per heavy atom. The van der Waals surface area contributed by atoms with Gasteiger partial charge in [-0.2, -0.15) is 8.42 Å². The topological polar surface area (TPSA) is 79.0 Å². The van der Waals surface area contributed by atoms with Crippen molar-refractivity contribution in [2.45, 2.75) is 44.7 Å². The minimum absolute atomic E-state index is 0.0422. The molecule has 0 aliphatic carbocycles. The minimum atomic E-state index is -4.07. The molecule has 0 saturated carbocycles. The predicted molar refractivity (Wildman–Crippen MR) is 128 cm³/mol. The highest BCUT2D eigenvalue weighted by Crippen LogP contribution is 2.28. The van der Waals surface area contributed by atoms with Gasteiger partial charge in [-0.3, -0.25) is 0 Å². The lowest BCUT2D eigenvalue weighted by atomic mass is 10.1. The maximum Gasteiger partial charge on any atom is 0.340 e. The van der Waals surface area contributed by atoms with Gasteiger partial charge < -0.3 is 19.3 Å². The number of carbonyl (C=O) groups is 1. The third kappa shape index (κ3) is 7.69. The van der Waals surface area contributed by atoms with Crippen LogP contribution in [0.4, 0.5) is 4.79 Å². The SMILES string of the molecule is Cc1cccc(Cl)c1S(=O)(=O)Oc1ccc(CN(CCN(C)C)C(=O)NC(C)(C)C)cc1. The molecule has 0 atom stereocenters. The summed E-state index contributed by atoms with van der Waals surface area (Å²) in [7, 11) is -0.171. The summed E-state index contributed by atoms with van der Waals surface area (Å²) in [6.07, 6.45) is 0. The van der Waals surface area contributed by atoms with Crippen molar-refractivity contribution in [2.75, 3.05) is 27.2 Å². The van der Waals surface area contributed by atoms with Gasteiger partial charge in [0.25, 0.3) is 0 Å². The zero-order chi connectivity index (χ0) is 24.1. The molecule has 0 bridgehead atoms. The summed E-state index contributed by atoms with van der Waals surface area (Å²) in [6, 6.07) is 11.3. The van der Waals surface area contributed by atoms with Crippen LogP contribution in [0.2, 0.25) is 5.02 Å². The number of carbonyl (C=O) groups excluding carboxylic acids is 1. The Hall–Kier alpha value is -2.29. The second-order valence-corrected chi connectivity index (χ2v) is 10.9. The average Bonchev–Trinajstić information content (AvgIpc) is 2.64. The zero-order valence-corrected chi connectivity index (χ0v) is 21.0. The van der Waals surface area contributed by atoms with Gasteiger partial charge in [-0.05, 0) is 71.1 Å². The number of aryl methyl sites for hydroxylation is 1. The molecule has 32 heavy (non-hydrogen) atoms. The lowest BCUT2D eigenvalue weighted by Gasteiger charge is -2.29. The van der Waals surface area contributed by atoms with Crippen molar-refractivity contribution in [3.05, 3.63) is 58.6 Å². The van der Waals surface area contributed by atoms with Crippen LogP contribution < -0.4 is 9.50 Å². The molecule has 9 heteroatoms. The van der Waals surface area contributed by atoms with Crippen LogP contribution in [0.15, 0.2) is 47.4 Å². The molecule has 176 valence electrons. The Bertz CT molecular complexity index is 1010. The lowest BCUT2D eigenvalue weighted by molar-refractivity contribution is 0.180. The second-order valence-electron chi connectivity index (χ2n) is 8.97. The molecule has 0 spiro atoms. The summed E-state index contributed by atoms with van der Waals surface area (Å²) in [5, 5.41) is 3.10. The van der Waals surface area contributed by atoms with E-state index in [9.17, 15) is 13.2 Å². The molecule has 2 aromatic carbocycles. The molecule has 0 radical (unpaired) electrons. The molecule has 2 aromatic rings. The summed E-state index contributed by atoms with van der Waals surface area (Å²) < 4.78 is 30.7. The summed E-state index contributed by atoms with van der Waals surface area (Å²) in [5.41, 5.74) is 1.01. The fourth-order valence-corrected chi connectivity index (χ4v) is 4.67. The van der Waals surface area contributed by atoms with Crippen LogP contribution in [0.3, 0.4) is 0 Å². The number of benzene rings is 2. The van der Waals surface area contributed by atoms with E-state index in [-0.39, 0.29) is 27.2 Å². The molecule has 0 aliphatic heterocycles. The molecule has 2 amide bonds. The Morgan fingerprint density at radius 1 is 1.06 bits per heavy atom. The molecule has 0 unspecified atom stereocenters. The van der Waals surface area contributed by atoms with Crippen LogP contribution in [0.25, 0.3) is 0 Å². The molecular formula is C23H32ClN3O4S. The Kier molecular flexibility index (Phi) is 8.56. The number of amides is 2. The first-order valence-electron chi connectivity index (χ1n) is 10.3. The predicted octanol–water partition coefficient (Wildman–Crippen LogP) is 4.29. The molecular weight excluding hydrogens is 450 g/mol. The van der Waals surface area contributed by atoms with Gasteiger partial charge in [0.15, 0.2) is 0 Å². The van der Waals surface area contributed by atoms with Crippen LogP contribution in [0.5, 0.6) is 5.75 Å². The van der Waals surface area contributed by atoms with E-state index < -0.39 is 10.1 Å². The average molecular weight is 482 g/mol. The molecule has 0 saturated heterocycles. The van der Waals surface area contributed by atoms with E-state index in [4.69, 9.17) is 15.8 Å². The molecule has 7 nitrogen and oxygen atoms in total. The van der Waals surface area contributed by atoms with E-state index in [1.54, 1.807) is 48.2 Å². The van der Waals surface area contributed by atoms with E-state index in [1.807, 2.05) is 39.8 Å². The Labute approximate surface area is 196 Å². The third-order valence-electron chi connectivity index (χ3n) is 4.50. The molecule has 0 heterocycles. The highest BCUT2D eigenvalue weighted by atomic mass is 35.5. The molecule has 0 aliphatic rings. The number of hydrogen-bond donors (Lipinski definition) is 1. The number of nitrogens with one attached hydrogen (secondary N) is 1. The zero-order valence-electron chi connectivity index (χ0n) is 19.5. The minimum Gasteiger partial charge on any atom is -0.379 e. The highest BCUT2D eigenvalue weighted by Gasteiger charge is 2.23. The summed E-state index contributed by atoms with van der Waals surface area (Å²) >= 11 is 6.08. The van der Waals surface area contributed by atoms with E-state index in [1.165, 1.54) is 6.07 Å². The fourth-order valence-electron chi connectivity index (χ4n) is 2.95. The molecule has 2 rings (SSSR count). The number of rotatable bonds is 8. The smallest absolute Gasteiger partial charge is 0.340 e. The molecule has 0 fully saturated rings. The van der Waals surface area contributed by atoms with Crippen molar-refractivity contribution in [1.29, 1.82) is 0 Å². The largest absolute Gasteiger partial charge is 0.379 e. The lowest BCUT2D eigenvalue weighted by Crippen LogP contribution is -2.49. The third-order valence-corrected chi connectivity index (χ3v) is 6.38. The fraction of sp³-hybridized carbons (Fsp3) is 0.435. The van der Waals surface area contributed by atoms with Gasteiger partial charge in [-0.1, -0.05) is 35.9 Å². The Balaban J connectivity index is 2.16. The van der Waals surface area contributed by atoms with Crippen molar-refractivity contribution in [2.24, 2.45) is 0 Å². The monoisotopic (exact) mass is 481 g/mol. The first kappa shape index (κ1) is 26.0. The first-order valence-corrected chi connectivity index (χ1v) is 12.1. The van der Waals surface area contributed by atoms with Gasteiger partial charge >= 0.3 is 16.1 Å². The van der Waals surface area contributed by atoms with Crippen LogP contribution in [-0.4, -0.2) is 57.0 Å². The summed E-state index contributed by atoms with van der Waals surface area (Å²) in [5.74, 6) is 0.173. The van der Waals surface area contributed by atoms with Crippen molar-refractivity contribution in [3.63, 3.8) is 0 Å². The quantitative estimate of drug-likeness (QED) is 0.569. The van der Waals surface area contributed by atoms with E-state index >= 15 is 0 Å². The maximum absolute atomic E-state index is 12.7. The van der Waals surface area contributed by atoms with Gasteiger partial charge in [-0.25, -0.2) is 4.79 Å². The van der Waals surface area contributed by atoms with Crippen LogP contribution in [0, 0.1) is 6.92 Å². The van der Waals surface area contributed by atoms with Crippen molar-refractivity contribution < 1.29 is 17.4 Å². The van der Waals surface area contributed by atoms with Crippen molar-refractivity contribution in [1.82, 2.24) is 15.1 Å². The van der Waals surface area contributed by atoms with Gasteiger partial charge in [0, 0.05) is 25.2 Å². The van der Waals surface area contributed by atoms with Crippen LogP contribution in [0.1, 0.15) is 31.9 Å². The summed E-state index contributed by atoms with van der Waals surface area (Å²) in [6.45, 7) is 9.11. The van der Waals surface area contributed by atoms with E-state index in [0.717, 1.165) is 5.56 Å². The van der Waals surface area contributed by atoms with E-state index in [2.05, 4.69) is 5.32 Å². The second kappa shape index (κ2) is 10.6. The summed E-state index contributed by atoms with van der Waals surface area (Å²) in [4.78, 5) is 16.4. The maximum atomic E-state index is 12.7. The number of hydrogen-bond acceptors (Lipinski definition) is 5. The highest BCUT2D eigenvalue weighted by molar-refractivity contribution is 7.87. The van der Waals surface area contributed by atoms with Crippen molar-refractivity contribution in [3.8, 4) is 5.75 Å². The number of nitrogens with zero attached hydrogens (tertiary/aromatic N) is 2. The normalized spacial score (nSPS) is 12.0. The standard InChI is InChI=1S/C23H32ClN3O4S/c1-17-8-7-9-20(24)21(17)32(29,30)31-19-12-10-18(11-13-19)16-27(15-14-26(5)6)22(28)25-23(2,3)4/h7-13H,14-16H2,1-6H3,(H,25,28). The number of halogens is 1. The van der Waals surface area contributed by atoms with Gasteiger partial charge in [0.05, 0.1) is 5.02 Å². The van der Waals surface area contributed by atoms with Gasteiger partial charge in [0.1, 0.15) is 10.6 Å². The van der Waals surface area contributed by atoms with Gasteiger partial charge in [-0.15, -0.1) is 0 Å². The van der Waals surface area contributed by atoms with Gasteiger partial charge in [0.2, 0.25) is 0 Å². The van der Waals surface area contributed by atoms with Crippen LogP contribution >= 0.6 is 11.6 Å². The molecule has 0 aromatic heterocycles.